The summed E-state index contributed by atoms with van der Waals surface area (Å²) in [7, 11) is 0. The van der Waals surface area contributed by atoms with Crippen molar-refractivity contribution in [2.45, 2.75) is 48.8 Å². The molecule has 25 heavy (non-hydrogen) atoms. The highest BCUT2D eigenvalue weighted by Crippen LogP contribution is 2.22. The van der Waals surface area contributed by atoms with E-state index in [2.05, 4.69) is 0 Å². The van der Waals surface area contributed by atoms with Gasteiger partial charge in [-0.15, -0.1) is 0 Å². The third kappa shape index (κ3) is 5.77. The Labute approximate surface area is 144 Å². The minimum atomic E-state index is -1.58. The summed E-state index contributed by atoms with van der Waals surface area (Å²) in [6.07, 6.45) is -11.3. The molecule has 0 aromatic carbocycles. The lowest BCUT2D eigenvalue weighted by Crippen LogP contribution is -2.59. The fourth-order valence-electron chi connectivity index (χ4n) is 2.60. The zero-order chi connectivity index (χ0) is 19.1. The van der Waals surface area contributed by atoms with Crippen LogP contribution in [0.4, 0.5) is 0 Å². The smallest absolute Gasteiger partial charge is 0.111 e. The van der Waals surface area contributed by atoms with Gasteiger partial charge in [-0.3, -0.25) is 0 Å². The molecule has 1 fully saturated rings. The molecule has 11 heteroatoms. The summed E-state index contributed by atoms with van der Waals surface area (Å²) in [6, 6.07) is 0. The molecule has 9 unspecified atom stereocenters. The number of rotatable bonds is 10. The van der Waals surface area contributed by atoms with Crippen molar-refractivity contribution in [3.63, 3.8) is 0 Å². The molecule has 0 saturated carbocycles. The van der Waals surface area contributed by atoms with Crippen LogP contribution in [-0.4, -0.2) is 128 Å². The summed E-state index contributed by atoms with van der Waals surface area (Å²) < 4.78 is 10.5. The van der Waals surface area contributed by atoms with Crippen LogP contribution in [0.15, 0.2) is 0 Å². The van der Waals surface area contributed by atoms with E-state index in [0.717, 1.165) is 0 Å². The van der Waals surface area contributed by atoms with E-state index < -0.39 is 74.6 Å². The van der Waals surface area contributed by atoms with Crippen molar-refractivity contribution >= 4 is 0 Å². The second-order valence-electron chi connectivity index (χ2n) is 6.06. The highest BCUT2D eigenvalue weighted by Gasteiger charge is 2.43. The topological polar surface area (TPSA) is 201 Å². The molecule has 150 valence electrons. The van der Waals surface area contributed by atoms with Gasteiger partial charge in [0.2, 0.25) is 0 Å². The Bertz CT molecular complexity index is 369. The molecule has 1 rings (SSSR count). The van der Waals surface area contributed by atoms with Gasteiger partial charge in [-0.05, 0) is 0 Å². The summed E-state index contributed by atoms with van der Waals surface area (Å²) >= 11 is 0. The molecular weight excluding hydrogens is 344 g/mol. The molecule has 1 saturated heterocycles. The Balaban J connectivity index is 2.62. The van der Waals surface area contributed by atoms with E-state index in [-0.39, 0.29) is 13.2 Å². The maximum Gasteiger partial charge on any atom is 0.111 e. The van der Waals surface area contributed by atoms with Crippen LogP contribution in [0.2, 0.25) is 0 Å². The van der Waals surface area contributed by atoms with Gasteiger partial charge >= 0.3 is 0 Å². The minimum Gasteiger partial charge on any atom is -0.394 e. The first kappa shape index (κ1) is 22.6. The number of aliphatic hydroxyl groups excluding tert-OH is 9. The molecule has 0 aromatic rings. The first-order chi connectivity index (χ1) is 11.8. The van der Waals surface area contributed by atoms with E-state index in [4.69, 9.17) is 24.8 Å². The normalized spacial score (nSPS) is 35.2. The lowest BCUT2D eigenvalue weighted by molar-refractivity contribution is -0.240. The van der Waals surface area contributed by atoms with Crippen LogP contribution in [0.5, 0.6) is 0 Å². The molecular formula is C14H28O11. The molecule has 11 nitrogen and oxygen atoms in total. The fourth-order valence-corrected chi connectivity index (χ4v) is 2.60. The van der Waals surface area contributed by atoms with E-state index in [1.165, 1.54) is 0 Å². The standard InChI is InChI=1S/C14H28O11/c15-1-7(18)6(11(20)8(19)2-16)4-24-5-10-13(22)14(23)12(21)9(3-17)25-10/h6-23H,1-5H2. The second-order valence-corrected chi connectivity index (χ2v) is 6.06. The van der Waals surface area contributed by atoms with Crippen molar-refractivity contribution in [1.82, 2.24) is 0 Å². The summed E-state index contributed by atoms with van der Waals surface area (Å²) in [4.78, 5) is 0. The maximum absolute atomic E-state index is 9.88. The number of aliphatic hydroxyl groups is 9. The third-order valence-corrected chi connectivity index (χ3v) is 4.28. The van der Waals surface area contributed by atoms with Gasteiger partial charge in [-0.2, -0.15) is 0 Å². The largest absolute Gasteiger partial charge is 0.394 e. The van der Waals surface area contributed by atoms with Crippen molar-refractivity contribution < 1.29 is 55.4 Å². The first-order valence-electron chi connectivity index (χ1n) is 7.92. The Morgan fingerprint density at radius 1 is 0.800 bits per heavy atom. The quantitative estimate of drug-likeness (QED) is 0.177. The Kier molecular flexibility index (Phi) is 9.62. The zero-order valence-corrected chi connectivity index (χ0v) is 13.6. The average molecular weight is 372 g/mol. The Morgan fingerprint density at radius 2 is 1.36 bits per heavy atom. The van der Waals surface area contributed by atoms with Crippen LogP contribution in [0.25, 0.3) is 0 Å². The van der Waals surface area contributed by atoms with Gasteiger partial charge in [0.1, 0.15) is 36.6 Å². The molecule has 0 radical (unpaired) electrons. The second kappa shape index (κ2) is 10.6. The van der Waals surface area contributed by atoms with E-state index in [1.807, 2.05) is 0 Å². The van der Waals surface area contributed by atoms with Crippen LogP contribution >= 0.6 is 0 Å². The Hall–Kier alpha value is -0.440. The molecule has 9 N–H and O–H groups in total. The highest BCUT2D eigenvalue weighted by molar-refractivity contribution is 4.92. The van der Waals surface area contributed by atoms with Gasteiger partial charge in [-0.1, -0.05) is 0 Å². The Morgan fingerprint density at radius 3 is 1.88 bits per heavy atom. The van der Waals surface area contributed by atoms with E-state index >= 15 is 0 Å². The predicted octanol–water partition coefficient (Wildman–Crippen LogP) is -5.47. The first-order valence-corrected chi connectivity index (χ1v) is 7.92. The lowest BCUT2D eigenvalue weighted by Gasteiger charge is -2.40. The van der Waals surface area contributed by atoms with Crippen LogP contribution in [0.1, 0.15) is 0 Å². The van der Waals surface area contributed by atoms with E-state index in [9.17, 15) is 30.6 Å². The average Bonchev–Trinajstić information content (AvgIpc) is 2.63. The molecule has 9 atom stereocenters. The van der Waals surface area contributed by atoms with Crippen molar-refractivity contribution in [3.8, 4) is 0 Å². The summed E-state index contributed by atoms with van der Waals surface area (Å²) in [5, 5.41) is 85.2. The molecule has 0 amide bonds. The molecule has 1 aliphatic rings. The van der Waals surface area contributed by atoms with Gasteiger partial charge in [-0.25, -0.2) is 0 Å². The van der Waals surface area contributed by atoms with Gasteiger partial charge in [0.05, 0.1) is 45.2 Å². The molecule has 0 bridgehead atoms. The predicted molar refractivity (Wildman–Crippen MR) is 80.3 cm³/mol. The van der Waals surface area contributed by atoms with Crippen molar-refractivity contribution in [2.24, 2.45) is 5.92 Å². The van der Waals surface area contributed by atoms with Gasteiger partial charge < -0.3 is 55.4 Å². The molecule has 0 aromatic heterocycles. The zero-order valence-electron chi connectivity index (χ0n) is 13.6. The summed E-state index contributed by atoms with van der Waals surface area (Å²) in [5.41, 5.74) is 0. The van der Waals surface area contributed by atoms with Crippen LogP contribution < -0.4 is 0 Å². The molecule has 0 aliphatic carbocycles. The van der Waals surface area contributed by atoms with Crippen molar-refractivity contribution in [3.05, 3.63) is 0 Å². The lowest BCUT2D eigenvalue weighted by atomic mass is 9.93. The van der Waals surface area contributed by atoms with Crippen LogP contribution in [-0.2, 0) is 9.47 Å². The fraction of sp³-hybridized carbons (Fsp3) is 1.00. The van der Waals surface area contributed by atoms with E-state index in [0.29, 0.717) is 0 Å². The number of hydrogen-bond donors (Lipinski definition) is 9. The minimum absolute atomic E-state index is 0.321. The van der Waals surface area contributed by atoms with E-state index in [1.54, 1.807) is 0 Å². The van der Waals surface area contributed by atoms with Gasteiger partial charge in [0, 0.05) is 5.92 Å². The SMILES string of the molecule is OCC(O)C(O)C(COCC1OC(CO)C(O)C(O)C1O)C(O)CO. The monoisotopic (exact) mass is 372 g/mol. The summed E-state index contributed by atoms with van der Waals surface area (Å²) in [5.74, 6) is -1.14. The molecule has 0 spiro atoms. The molecule has 1 heterocycles. The van der Waals surface area contributed by atoms with Crippen molar-refractivity contribution in [2.75, 3.05) is 33.0 Å². The number of ether oxygens (including phenoxy) is 2. The van der Waals surface area contributed by atoms with Gasteiger partial charge in [0.15, 0.2) is 0 Å². The molecule has 1 aliphatic heterocycles. The van der Waals surface area contributed by atoms with Crippen LogP contribution in [0, 0.1) is 5.92 Å². The third-order valence-electron chi connectivity index (χ3n) is 4.28. The highest BCUT2D eigenvalue weighted by atomic mass is 16.6. The maximum atomic E-state index is 9.88. The number of hydrogen-bond acceptors (Lipinski definition) is 11. The van der Waals surface area contributed by atoms with Crippen molar-refractivity contribution in [1.29, 1.82) is 0 Å². The van der Waals surface area contributed by atoms with Crippen LogP contribution in [0.3, 0.4) is 0 Å². The van der Waals surface area contributed by atoms with Gasteiger partial charge in [0.25, 0.3) is 0 Å². The summed E-state index contributed by atoms with van der Waals surface area (Å²) in [6.45, 7) is -2.76.